The average molecular weight is 238 g/mol. The van der Waals surface area contributed by atoms with Crippen molar-refractivity contribution >= 4 is 0 Å². The molecule has 0 radical (unpaired) electrons. The molecule has 0 aromatic rings. The highest BCUT2D eigenvalue weighted by Crippen LogP contribution is 2.65. The van der Waals surface area contributed by atoms with Gasteiger partial charge in [0.15, 0.2) is 0 Å². The van der Waals surface area contributed by atoms with Crippen molar-refractivity contribution < 1.29 is 0 Å². The van der Waals surface area contributed by atoms with Crippen molar-refractivity contribution in [3.8, 4) is 0 Å². The molecule has 17 heavy (non-hydrogen) atoms. The molecule has 2 rings (SSSR count). The van der Waals surface area contributed by atoms with Gasteiger partial charge in [-0.05, 0) is 16.7 Å². The third kappa shape index (κ3) is 2.04. The first kappa shape index (κ1) is 13.4. The number of nitrogens with one attached hydrogen (secondary N) is 1. The molecule has 1 saturated carbocycles. The molecular weight excluding hydrogens is 208 g/mol. The van der Waals surface area contributed by atoms with Crippen molar-refractivity contribution in [1.82, 2.24) is 10.2 Å². The van der Waals surface area contributed by atoms with E-state index in [-0.39, 0.29) is 0 Å². The fourth-order valence-corrected chi connectivity index (χ4v) is 3.78. The monoisotopic (exact) mass is 238 g/mol. The van der Waals surface area contributed by atoms with Crippen LogP contribution < -0.4 is 5.32 Å². The van der Waals surface area contributed by atoms with E-state index in [2.05, 4.69) is 51.8 Å². The summed E-state index contributed by atoms with van der Waals surface area (Å²) < 4.78 is 0. The summed E-state index contributed by atoms with van der Waals surface area (Å²) in [6, 6.07) is 1.48. The molecular formula is C15H30N2. The molecule has 1 heterocycles. The Bertz CT molecular complexity index is 269. The van der Waals surface area contributed by atoms with E-state index in [1.807, 2.05) is 0 Å². The SMILES string of the molecule is CCC(C)C1CN(C2C(C)(C)C2(C)C)CCN1. The fraction of sp³-hybridized carbons (Fsp3) is 1.00. The van der Waals surface area contributed by atoms with Gasteiger partial charge in [-0.25, -0.2) is 0 Å². The van der Waals surface area contributed by atoms with Crippen LogP contribution in [0, 0.1) is 16.7 Å². The fourth-order valence-electron chi connectivity index (χ4n) is 3.78. The summed E-state index contributed by atoms with van der Waals surface area (Å²) in [6.45, 7) is 18.0. The Labute approximate surface area is 107 Å². The maximum atomic E-state index is 3.70. The lowest BCUT2D eigenvalue weighted by molar-refractivity contribution is 0.141. The molecule has 0 spiro atoms. The highest BCUT2D eigenvalue weighted by atomic mass is 15.3. The third-order valence-corrected chi connectivity index (χ3v) is 5.88. The predicted octanol–water partition coefficient (Wildman–Crippen LogP) is 2.74. The largest absolute Gasteiger partial charge is 0.311 e. The zero-order chi connectivity index (χ0) is 12.8. The van der Waals surface area contributed by atoms with Gasteiger partial charge in [0.2, 0.25) is 0 Å². The summed E-state index contributed by atoms with van der Waals surface area (Å²) in [5.41, 5.74) is 0.981. The summed E-state index contributed by atoms with van der Waals surface area (Å²) in [5.74, 6) is 0.794. The van der Waals surface area contributed by atoms with Crippen LogP contribution in [0.5, 0.6) is 0 Å². The Hall–Kier alpha value is -0.0800. The molecule has 1 aliphatic heterocycles. The van der Waals surface area contributed by atoms with E-state index in [1.165, 1.54) is 19.5 Å². The maximum Gasteiger partial charge on any atom is 0.0221 e. The lowest BCUT2D eigenvalue weighted by Gasteiger charge is -2.38. The molecule has 1 aliphatic carbocycles. The number of hydrogen-bond acceptors (Lipinski definition) is 2. The van der Waals surface area contributed by atoms with E-state index < -0.39 is 0 Å². The van der Waals surface area contributed by atoms with Crippen LogP contribution in [0.1, 0.15) is 48.0 Å². The molecule has 0 aromatic carbocycles. The first-order chi connectivity index (χ1) is 7.82. The molecule has 2 fully saturated rings. The van der Waals surface area contributed by atoms with Crippen molar-refractivity contribution in [2.24, 2.45) is 16.7 Å². The summed E-state index contributed by atoms with van der Waals surface area (Å²) in [6.07, 6.45) is 1.28. The highest BCUT2D eigenvalue weighted by Gasteiger charge is 2.67. The van der Waals surface area contributed by atoms with Crippen LogP contribution in [-0.4, -0.2) is 36.6 Å². The smallest absolute Gasteiger partial charge is 0.0221 e. The first-order valence-corrected chi connectivity index (χ1v) is 7.29. The minimum Gasteiger partial charge on any atom is -0.311 e. The molecule has 1 N–H and O–H groups in total. The Morgan fingerprint density at radius 2 is 1.82 bits per heavy atom. The van der Waals surface area contributed by atoms with Crippen LogP contribution in [0.25, 0.3) is 0 Å². The van der Waals surface area contributed by atoms with Crippen molar-refractivity contribution in [3.63, 3.8) is 0 Å². The number of hydrogen-bond donors (Lipinski definition) is 1. The normalized spacial score (nSPS) is 34.6. The Morgan fingerprint density at radius 1 is 1.24 bits per heavy atom. The van der Waals surface area contributed by atoms with Crippen molar-refractivity contribution in [2.45, 2.75) is 60.0 Å². The van der Waals surface area contributed by atoms with Crippen LogP contribution in [0.2, 0.25) is 0 Å². The van der Waals surface area contributed by atoms with Gasteiger partial charge < -0.3 is 5.32 Å². The zero-order valence-electron chi connectivity index (χ0n) is 12.5. The van der Waals surface area contributed by atoms with E-state index in [0.717, 1.165) is 18.5 Å². The Balaban J connectivity index is 2.00. The quantitative estimate of drug-likeness (QED) is 0.813. The highest BCUT2D eigenvalue weighted by molar-refractivity contribution is 5.19. The molecule has 0 aromatic heterocycles. The molecule has 0 bridgehead atoms. The van der Waals surface area contributed by atoms with Crippen LogP contribution in [0.3, 0.4) is 0 Å². The lowest BCUT2D eigenvalue weighted by atomic mass is 9.97. The van der Waals surface area contributed by atoms with Gasteiger partial charge in [-0.2, -0.15) is 0 Å². The molecule has 100 valence electrons. The van der Waals surface area contributed by atoms with Gasteiger partial charge in [0, 0.05) is 31.7 Å². The Kier molecular flexibility index (Phi) is 3.33. The average Bonchev–Trinajstić information content (AvgIpc) is 2.68. The Morgan fingerprint density at radius 3 is 2.29 bits per heavy atom. The van der Waals surface area contributed by atoms with Gasteiger partial charge in [-0.1, -0.05) is 48.0 Å². The van der Waals surface area contributed by atoms with Gasteiger partial charge in [0.1, 0.15) is 0 Å². The lowest BCUT2D eigenvalue weighted by Crippen LogP contribution is -2.54. The van der Waals surface area contributed by atoms with Crippen LogP contribution >= 0.6 is 0 Å². The van der Waals surface area contributed by atoms with Gasteiger partial charge in [-0.15, -0.1) is 0 Å². The van der Waals surface area contributed by atoms with E-state index in [4.69, 9.17) is 0 Å². The number of rotatable bonds is 3. The van der Waals surface area contributed by atoms with Crippen molar-refractivity contribution in [2.75, 3.05) is 19.6 Å². The number of piperazine rings is 1. The molecule has 2 unspecified atom stereocenters. The van der Waals surface area contributed by atoms with Crippen LogP contribution in [-0.2, 0) is 0 Å². The van der Waals surface area contributed by atoms with E-state index in [9.17, 15) is 0 Å². The number of nitrogens with zero attached hydrogens (tertiary/aromatic N) is 1. The molecule has 2 aliphatic rings. The predicted molar refractivity (Wildman–Crippen MR) is 74.2 cm³/mol. The van der Waals surface area contributed by atoms with E-state index in [1.54, 1.807) is 0 Å². The van der Waals surface area contributed by atoms with Gasteiger partial charge in [0.25, 0.3) is 0 Å². The van der Waals surface area contributed by atoms with Crippen LogP contribution in [0.4, 0.5) is 0 Å². The third-order valence-electron chi connectivity index (χ3n) is 5.88. The molecule has 2 atom stereocenters. The second kappa shape index (κ2) is 4.24. The summed E-state index contributed by atoms with van der Waals surface area (Å²) in [5, 5.41) is 3.70. The minimum absolute atomic E-state index is 0.490. The summed E-state index contributed by atoms with van der Waals surface area (Å²) in [4.78, 5) is 2.74. The van der Waals surface area contributed by atoms with Gasteiger partial charge >= 0.3 is 0 Å². The summed E-state index contributed by atoms with van der Waals surface area (Å²) >= 11 is 0. The first-order valence-electron chi connectivity index (χ1n) is 7.29. The van der Waals surface area contributed by atoms with Crippen molar-refractivity contribution in [1.29, 1.82) is 0 Å². The second-order valence-corrected chi connectivity index (χ2v) is 7.29. The van der Waals surface area contributed by atoms with Gasteiger partial charge in [-0.3, -0.25) is 4.90 Å². The molecule has 2 heteroatoms. The second-order valence-electron chi connectivity index (χ2n) is 7.29. The van der Waals surface area contributed by atoms with E-state index in [0.29, 0.717) is 16.9 Å². The topological polar surface area (TPSA) is 15.3 Å². The molecule has 0 amide bonds. The minimum atomic E-state index is 0.490. The zero-order valence-corrected chi connectivity index (χ0v) is 12.5. The molecule has 2 nitrogen and oxygen atoms in total. The standard InChI is InChI=1S/C15H30N2/c1-7-11(2)12-10-17(9-8-16-12)13-14(3,4)15(13,5)6/h11-13,16H,7-10H2,1-6H3. The maximum absolute atomic E-state index is 3.70. The summed E-state index contributed by atoms with van der Waals surface area (Å²) in [7, 11) is 0. The van der Waals surface area contributed by atoms with Crippen LogP contribution in [0.15, 0.2) is 0 Å². The van der Waals surface area contributed by atoms with E-state index >= 15 is 0 Å². The molecule has 1 saturated heterocycles. The van der Waals surface area contributed by atoms with Crippen molar-refractivity contribution in [3.05, 3.63) is 0 Å². The van der Waals surface area contributed by atoms with Gasteiger partial charge in [0.05, 0.1) is 0 Å².